The van der Waals surface area contributed by atoms with Crippen LogP contribution in [0.4, 0.5) is 0 Å². The lowest BCUT2D eigenvalue weighted by Crippen LogP contribution is -2.33. The van der Waals surface area contributed by atoms with E-state index in [1.165, 1.54) is 0 Å². The Hall–Kier alpha value is -1.09. The average Bonchev–Trinajstić information content (AvgIpc) is 2.31. The second-order valence-electron chi connectivity index (χ2n) is 5.21. The maximum atomic E-state index is 6.46. The summed E-state index contributed by atoms with van der Waals surface area (Å²) in [6, 6.07) is 3.88. The van der Waals surface area contributed by atoms with Crippen LogP contribution < -0.4 is 14.2 Å². The van der Waals surface area contributed by atoms with E-state index in [4.69, 9.17) is 25.8 Å². The highest BCUT2D eigenvalue weighted by Gasteiger charge is 2.35. The summed E-state index contributed by atoms with van der Waals surface area (Å²) in [5.41, 5.74) is 0.684. The van der Waals surface area contributed by atoms with E-state index in [-0.39, 0.29) is 11.0 Å². The van der Waals surface area contributed by atoms with Crippen LogP contribution in [0.1, 0.15) is 45.1 Å². The average molecular weight is 285 g/mol. The molecule has 0 bridgehead atoms. The van der Waals surface area contributed by atoms with Crippen molar-refractivity contribution in [2.45, 2.75) is 45.1 Å². The first kappa shape index (κ1) is 14.3. The first-order valence-corrected chi connectivity index (χ1v) is 7.17. The van der Waals surface area contributed by atoms with Crippen LogP contribution in [-0.2, 0) is 0 Å². The van der Waals surface area contributed by atoms with E-state index < -0.39 is 0 Å². The Morgan fingerprint density at radius 1 is 1.26 bits per heavy atom. The molecular formula is C15H21ClO3. The van der Waals surface area contributed by atoms with Crippen molar-refractivity contribution in [3.63, 3.8) is 0 Å². The number of halogens is 1. The van der Waals surface area contributed by atoms with Crippen LogP contribution in [0, 0.1) is 0 Å². The summed E-state index contributed by atoms with van der Waals surface area (Å²) in [5, 5.41) is -0.0615. The molecule has 1 atom stereocenters. The molecule has 0 aliphatic carbocycles. The van der Waals surface area contributed by atoms with E-state index in [1.807, 2.05) is 39.8 Å². The largest absolute Gasteiger partial charge is 0.490 e. The van der Waals surface area contributed by atoms with E-state index in [0.29, 0.717) is 24.7 Å². The van der Waals surface area contributed by atoms with Gasteiger partial charge in [-0.15, -0.1) is 11.6 Å². The quantitative estimate of drug-likeness (QED) is 0.771. The molecule has 1 aliphatic rings. The van der Waals surface area contributed by atoms with Gasteiger partial charge in [0, 0.05) is 12.0 Å². The fourth-order valence-corrected chi connectivity index (χ4v) is 2.86. The van der Waals surface area contributed by atoms with Crippen LogP contribution in [0.5, 0.6) is 17.2 Å². The van der Waals surface area contributed by atoms with Gasteiger partial charge in [0.15, 0.2) is 11.5 Å². The van der Waals surface area contributed by atoms with Gasteiger partial charge in [0.05, 0.1) is 18.6 Å². The lowest BCUT2D eigenvalue weighted by Gasteiger charge is -2.36. The topological polar surface area (TPSA) is 27.7 Å². The normalized spacial score (nSPS) is 20.4. The summed E-state index contributed by atoms with van der Waals surface area (Å²) in [6.07, 6.45) is 0.779. The van der Waals surface area contributed by atoms with Gasteiger partial charge in [-0.2, -0.15) is 0 Å². The third kappa shape index (κ3) is 2.92. The highest BCUT2D eigenvalue weighted by molar-refractivity contribution is 6.21. The van der Waals surface area contributed by atoms with Crippen molar-refractivity contribution < 1.29 is 14.2 Å². The molecule has 19 heavy (non-hydrogen) atoms. The minimum atomic E-state index is -0.296. The number of ether oxygens (including phenoxy) is 3. The fourth-order valence-electron chi connectivity index (χ4n) is 2.32. The number of hydrogen-bond donors (Lipinski definition) is 0. The van der Waals surface area contributed by atoms with E-state index in [0.717, 1.165) is 17.7 Å². The predicted molar refractivity (Wildman–Crippen MR) is 76.7 cm³/mol. The third-order valence-corrected chi connectivity index (χ3v) is 3.47. The van der Waals surface area contributed by atoms with E-state index >= 15 is 0 Å². The fraction of sp³-hybridized carbons (Fsp3) is 0.600. The molecule has 106 valence electrons. The monoisotopic (exact) mass is 284 g/mol. The van der Waals surface area contributed by atoms with Crippen LogP contribution >= 0.6 is 11.6 Å². The number of alkyl halides is 1. The van der Waals surface area contributed by atoms with Crippen molar-refractivity contribution in [1.82, 2.24) is 0 Å². The molecule has 0 fully saturated rings. The Labute approximate surface area is 119 Å². The van der Waals surface area contributed by atoms with Crippen molar-refractivity contribution in [2.75, 3.05) is 13.2 Å². The highest BCUT2D eigenvalue weighted by Crippen LogP contribution is 2.50. The maximum absolute atomic E-state index is 6.46. The van der Waals surface area contributed by atoms with Crippen LogP contribution in [0.25, 0.3) is 0 Å². The molecule has 1 aliphatic heterocycles. The van der Waals surface area contributed by atoms with Gasteiger partial charge in [0.25, 0.3) is 0 Å². The van der Waals surface area contributed by atoms with Gasteiger partial charge in [0.2, 0.25) is 5.75 Å². The minimum Gasteiger partial charge on any atom is -0.490 e. The van der Waals surface area contributed by atoms with Gasteiger partial charge in [0.1, 0.15) is 5.60 Å². The Kier molecular flexibility index (Phi) is 4.14. The molecular weight excluding hydrogens is 264 g/mol. The van der Waals surface area contributed by atoms with Crippen LogP contribution in [-0.4, -0.2) is 18.8 Å². The Morgan fingerprint density at radius 3 is 2.58 bits per heavy atom. The van der Waals surface area contributed by atoms with Crippen molar-refractivity contribution in [3.05, 3.63) is 17.7 Å². The molecule has 0 radical (unpaired) electrons. The molecule has 0 amide bonds. The van der Waals surface area contributed by atoms with Crippen molar-refractivity contribution in [1.29, 1.82) is 0 Å². The predicted octanol–water partition coefficient (Wildman–Crippen LogP) is 4.33. The number of hydrogen-bond acceptors (Lipinski definition) is 3. The van der Waals surface area contributed by atoms with Gasteiger partial charge in [-0.05, 0) is 39.8 Å². The van der Waals surface area contributed by atoms with Gasteiger partial charge in [-0.25, -0.2) is 0 Å². The smallest absolute Gasteiger partial charge is 0.203 e. The molecule has 0 spiro atoms. The zero-order valence-corrected chi connectivity index (χ0v) is 12.7. The molecule has 1 aromatic carbocycles. The molecule has 0 saturated carbocycles. The van der Waals surface area contributed by atoms with E-state index in [2.05, 4.69) is 0 Å². The second-order valence-corrected chi connectivity index (χ2v) is 5.74. The van der Waals surface area contributed by atoms with Crippen molar-refractivity contribution >= 4 is 11.6 Å². The standard InChI is InChI=1S/C15H21ClO3/c1-5-17-12-8-7-10-11(16)9-15(3,4)19-13(10)14(12)18-6-2/h7-8,11H,5-6,9H2,1-4H3. The van der Waals surface area contributed by atoms with Gasteiger partial charge in [-0.3, -0.25) is 0 Å². The molecule has 1 aromatic rings. The third-order valence-electron chi connectivity index (χ3n) is 3.08. The van der Waals surface area contributed by atoms with Gasteiger partial charge >= 0.3 is 0 Å². The van der Waals surface area contributed by atoms with Crippen molar-refractivity contribution in [2.24, 2.45) is 0 Å². The molecule has 4 heteroatoms. The molecule has 2 rings (SSSR count). The first-order valence-electron chi connectivity index (χ1n) is 6.74. The molecule has 1 heterocycles. The number of rotatable bonds is 4. The summed E-state index contributed by atoms with van der Waals surface area (Å²) < 4.78 is 17.4. The summed E-state index contributed by atoms with van der Waals surface area (Å²) in [5.74, 6) is 2.11. The van der Waals surface area contributed by atoms with Gasteiger partial charge in [-0.1, -0.05) is 0 Å². The zero-order chi connectivity index (χ0) is 14.0. The SMILES string of the molecule is CCOc1ccc2c(c1OCC)OC(C)(C)CC2Cl. The minimum absolute atomic E-state index is 0.0615. The summed E-state index contributed by atoms with van der Waals surface area (Å²) >= 11 is 6.46. The molecule has 3 nitrogen and oxygen atoms in total. The Bertz CT molecular complexity index is 457. The number of benzene rings is 1. The number of fused-ring (bicyclic) bond motifs is 1. The first-order chi connectivity index (χ1) is 8.98. The lowest BCUT2D eigenvalue weighted by atomic mass is 9.93. The Morgan fingerprint density at radius 2 is 1.95 bits per heavy atom. The van der Waals surface area contributed by atoms with Crippen LogP contribution in [0.3, 0.4) is 0 Å². The summed E-state index contributed by atoms with van der Waals surface area (Å²) in [7, 11) is 0. The zero-order valence-electron chi connectivity index (χ0n) is 12.0. The van der Waals surface area contributed by atoms with Gasteiger partial charge < -0.3 is 14.2 Å². The second kappa shape index (κ2) is 5.49. The van der Waals surface area contributed by atoms with Crippen LogP contribution in [0.15, 0.2) is 12.1 Å². The molecule has 0 saturated heterocycles. The molecule has 1 unspecified atom stereocenters. The van der Waals surface area contributed by atoms with E-state index in [9.17, 15) is 0 Å². The molecule has 0 aromatic heterocycles. The highest BCUT2D eigenvalue weighted by atomic mass is 35.5. The summed E-state index contributed by atoms with van der Waals surface area (Å²) in [4.78, 5) is 0. The lowest BCUT2D eigenvalue weighted by molar-refractivity contribution is 0.0763. The Balaban J connectivity index is 2.50. The van der Waals surface area contributed by atoms with E-state index in [1.54, 1.807) is 0 Å². The van der Waals surface area contributed by atoms with Crippen molar-refractivity contribution in [3.8, 4) is 17.2 Å². The summed E-state index contributed by atoms with van der Waals surface area (Å²) in [6.45, 7) is 9.12. The molecule has 0 N–H and O–H groups in total. The maximum Gasteiger partial charge on any atom is 0.203 e. The van der Waals surface area contributed by atoms with Crippen LogP contribution in [0.2, 0.25) is 0 Å².